The fourth-order valence-corrected chi connectivity index (χ4v) is 0.930. The minimum atomic E-state index is -0.0265. The first kappa shape index (κ1) is 9.99. The van der Waals surface area contributed by atoms with Gasteiger partial charge in [0.05, 0.1) is 13.2 Å². The van der Waals surface area contributed by atoms with Crippen molar-refractivity contribution < 1.29 is 9.84 Å². The molecule has 1 aromatic rings. The molecule has 3 heteroatoms. The summed E-state index contributed by atoms with van der Waals surface area (Å²) in [7, 11) is 0. The maximum absolute atomic E-state index is 8.96. The number of aromatic nitrogens is 1. The molecule has 13 heavy (non-hydrogen) atoms. The summed E-state index contributed by atoms with van der Waals surface area (Å²) in [5, 5.41) is 8.96. The second-order valence-corrected chi connectivity index (χ2v) is 3.35. The van der Waals surface area contributed by atoms with Crippen molar-refractivity contribution in [2.75, 3.05) is 6.61 Å². The highest BCUT2D eigenvalue weighted by atomic mass is 16.5. The lowest BCUT2D eigenvalue weighted by atomic mass is 10.2. The Morgan fingerprint density at radius 3 is 2.92 bits per heavy atom. The van der Waals surface area contributed by atoms with E-state index in [1.807, 2.05) is 0 Å². The standard InChI is InChI=1S/C10H15NO2/c1-8(2)7-13-10-3-4-11-5-9(10)6-12/h3-5,8,12H,6-7H2,1-2H3. The lowest BCUT2D eigenvalue weighted by molar-refractivity contribution is 0.245. The molecule has 0 aliphatic rings. The number of hydrogen-bond donors (Lipinski definition) is 1. The van der Waals surface area contributed by atoms with Crippen LogP contribution in [0.2, 0.25) is 0 Å². The molecular formula is C10H15NO2. The highest BCUT2D eigenvalue weighted by Gasteiger charge is 2.02. The summed E-state index contributed by atoms with van der Waals surface area (Å²) in [6, 6.07) is 1.77. The SMILES string of the molecule is CC(C)COc1ccncc1CO. The zero-order valence-corrected chi connectivity index (χ0v) is 8.03. The Morgan fingerprint density at radius 2 is 2.31 bits per heavy atom. The van der Waals surface area contributed by atoms with Gasteiger partial charge in [0.15, 0.2) is 0 Å². The van der Waals surface area contributed by atoms with Gasteiger partial charge in [-0.3, -0.25) is 4.98 Å². The van der Waals surface area contributed by atoms with E-state index in [-0.39, 0.29) is 6.61 Å². The Hall–Kier alpha value is -1.09. The van der Waals surface area contributed by atoms with Gasteiger partial charge in [0.1, 0.15) is 5.75 Å². The molecule has 0 amide bonds. The number of pyridine rings is 1. The smallest absolute Gasteiger partial charge is 0.127 e. The van der Waals surface area contributed by atoms with Crippen LogP contribution in [0.1, 0.15) is 19.4 Å². The topological polar surface area (TPSA) is 42.4 Å². The summed E-state index contributed by atoms with van der Waals surface area (Å²) in [5.41, 5.74) is 0.739. The van der Waals surface area contributed by atoms with Gasteiger partial charge < -0.3 is 9.84 Å². The van der Waals surface area contributed by atoms with E-state index in [4.69, 9.17) is 9.84 Å². The third kappa shape index (κ3) is 3.03. The molecule has 0 aromatic carbocycles. The molecule has 1 heterocycles. The van der Waals surface area contributed by atoms with Crippen molar-refractivity contribution in [2.45, 2.75) is 20.5 Å². The minimum absolute atomic E-state index is 0.0265. The molecule has 0 fully saturated rings. The van der Waals surface area contributed by atoms with Gasteiger partial charge >= 0.3 is 0 Å². The molecule has 72 valence electrons. The molecule has 3 nitrogen and oxygen atoms in total. The van der Waals surface area contributed by atoms with E-state index in [0.29, 0.717) is 12.5 Å². The summed E-state index contributed by atoms with van der Waals surface area (Å²) in [6.45, 7) is 4.80. The molecular weight excluding hydrogens is 166 g/mol. The quantitative estimate of drug-likeness (QED) is 0.767. The number of hydrogen-bond acceptors (Lipinski definition) is 3. The second kappa shape index (κ2) is 4.82. The molecule has 0 bridgehead atoms. The predicted octanol–water partition coefficient (Wildman–Crippen LogP) is 1.61. The van der Waals surface area contributed by atoms with Gasteiger partial charge in [-0.1, -0.05) is 13.8 Å². The summed E-state index contributed by atoms with van der Waals surface area (Å²) in [4.78, 5) is 3.90. The van der Waals surface area contributed by atoms with Gasteiger partial charge in [-0.2, -0.15) is 0 Å². The molecule has 1 rings (SSSR count). The van der Waals surface area contributed by atoms with Crippen LogP contribution in [0.15, 0.2) is 18.5 Å². The average molecular weight is 181 g/mol. The Labute approximate surface area is 78.4 Å². The summed E-state index contributed by atoms with van der Waals surface area (Å²) in [6.07, 6.45) is 3.28. The van der Waals surface area contributed by atoms with E-state index in [2.05, 4.69) is 18.8 Å². The lowest BCUT2D eigenvalue weighted by Crippen LogP contribution is -2.06. The fourth-order valence-electron chi connectivity index (χ4n) is 0.930. The number of aliphatic hydroxyl groups is 1. The lowest BCUT2D eigenvalue weighted by Gasteiger charge is -2.10. The summed E-state index contributed by atoms with van der Waals surface area (Å²) < 4.78 is 5.49. The highest BCUT2D eigenvalue weighted by molar-refractivity contribution is 5.29. The van der Waals surface area contributed by atoms with Crippen molar-refractivity contribution in [1.82, 2.24) is 4.98 Å². The van der Waals surface area contributed by atoms with Gasteiger partial charge in [0.2, 0.25) is 0 Å². The van der Waals surface area contributed by atoms with Crippen LogP contribution in [0.4, 0.5) is 0 Å². The van der Waals surface area contributed by atoms with Crippen LogP contribution >= 0.6 is 0 Å². The second-order valence-electron chi connectivity index (χ2n) is 3.35. The van der Waals surface area contributed by atoms with Crippen molar-refractivity contribution in [2.24, 2.45) is 5.92 Å². The first-order valence-corrected chi connectivity index (χ1v) is 4.40. The van der Waals surface area contributed by atoms with Gasteiger partial charge in [0, 0.05) is 18.0 Å². The number of nitrogens with zero attached hydrogens (tertiary/aromatic N) is 1. The monoisotopic (exact) mass is 181 g/mol. The van der Waals surface area contributed by atoms with E-state index >= 15 is 0 Å². The first-order valence-electron chi connectivity index (χ1n) is 4.40. The normalized spacial score (nSPS) is 10.5. The van der Waals surface area contributed by atoms with Crippen LogP contribution in [0, 0.1) is 5.92 Å². The molecule has 1 N–H and O–H groups in total. The van der Waals surface area contributed by atoms with E-state index in [9.17, 15) is 0 Å². The van der Waals surface area contributed by atoms with E-state index in [1.165, 1.54) is 0 Å². The predicted molar refractivity (Wildman–Crippen MR) is 50.5 cm³/mol. The Morgan fingerprint density at radius 1 is 1.54 bits per heavy atom. The third-order valence-corrected chi connectivity index (χ3v) is 1.60. The molecule has 0 radical (unpaired) electrons. The van der Waals surface area contributed by atoms with Crippen LogP contribution in [0.5, 0.6) is 5.75 Å². The maximum Gasteiger partial charge on any atom is 0.127 e. The molecule has 0 saturated heterocycles. The summed E-state index contributed by atoms with van der Waals surface area (Å²) in [5.74, 6) is 1.21. The van der Waals surface area contributed by atoms with Crippen LogP contribution in [-0.4, -0.2) is 16.7 Å². The van der Waals surface area contributed by atoms with Crippen LogP contribution in [-0.2, 0) is 6.61 Å². The Balaban J connectivity index is 2.64. The van der Waals surface area contributed by atoms with E-state index in [0.717, 1.165) is 11.3 Å². The van der Waals surface area contributed by atoms with Gasteiger partial charge in [-0.25, -0.2) is 0 Å². The fraction of sp³-hybridized carbons (Fsp3) is 0.500. The van der Waals surface area contributed by atoms with Crippen molar-refractivity contribution in [3.63, 3.8) is 0 Å². The van der Waals surface area contributed by atoms with Crippen molar-refractivity contribution >= 4 is 0 Å². The van der Waals surface area contributed by atoms with Gasteiger partial charge in [-0.15, -0.1) is 0 Å². The molecule has 0 unspecified atom stereocenters. The largest absolute Gasteiger partial charge is 0.493 e. The number of ether oxygens (including phenoxy) is 1. The zero-order valence-electron chi connectivity index (χ0n) is 8.03. The van der Waals surface area contributed by atoms with Crippen LogP contribution in [0.25, 0.3) is 0 Å². The number of rotatable bonds is 4. The van der Waals surface area contributed by atoms with Crippen LogP contribution < -0.4 is 4.74 Å². The Bertz CT molecular complexity index is 261. The third-order valence-electron chi connectivity index (χ3n) is 1.60. The maximum atomic E-state index is 8.96. The van der Waals surface area contributed by atoms with Crippen molar-refractivity contribution in [3.05, 3.63) is 24.0 Å². The highest BCUT2D eigenvalue weighted by Crippen LogP contribution is 2.16. The molecule has 1 aromatic heterocycles. The molecule has 0 saturated carbocycles. The molecule has 0 atom stereocenters. The molecule has 0 aliphatic carbocycles. The average Bonchev–Trinajstić information content (AvgIpc) is 2.15. The molecule has 0 spiro atoms. The van der Waals surface area contributed by atoms with Crippen molar-refractivity contribution in [3.8, 4) is 5.75 Å². The first-order chi connectivity index (χ1) is 6.24. The minimum Gasteiger partial charge on any atom is -0.493 e. The van der Waals surface area contributed by atoms with Gasteiger partial charge in [-0.05, 0) is 12.0 Å². The zero-order chi connectivity index (χ0) is 9.68. The van der Waals surface area contributed by atoms with Crippen LogP contribution in [0.3, 0.4) is 0 Å². The van der Waals surface area contributed by atoms with E-state index < -0.39 is 0 Å². The van der Waals surface area contributed by atoms with Gasteiger partial charge in [0.25, 0.3) is 0 Å². The summed E-state index contributed by atoms with van der Waals surface area (Å²) >= 11 is 0. The molecule has 0 aliphatic heterocycles. The van der Waals surface area contributed by atoms with Crippen molar-refractivity contribution in [1.29, 1.82) is 0 Å². The Kier molecular flexibility index (Phi) is 3.71. The van der Waals surface area contributed by atoms with E-state index in [1.54, 1.807) is 18.5 Å². The number of aliphatic hydroxyl groups excluding tert-OH is 1.